The highest BCUT2D eigenvalue weighted by Gasteiger charge is 2.34. The lowest BCUT2D eigenvalue weighted by Gasteiger charge is -2.15. The lowest BCUT2D eigenvalue weighted by molar-refractivity contribution is -0.138. The molecule has 2 aromatic rings. The Hall–Kier alpha value is -1.91. The van der Waals surface area contributed by atoms with E-state index >= 15 is 0 Å². The van der Waals surface area contributed by atoms with Gasteiger partial charge < -0.3 is 10.3 Å². The van der Waals surface area contributed by atoms with E-state index in [1.807, 2.05) is 6.92 Å². The maximum absolute atomic E-state index is 13.2. The highest BCUT2D eigenvalue weighted by atomic mass is 19.4. The average molecular weight is 296 g/mol. The molecule has 0 radical (unpaired) electrons. The summed E-state index contributed by atoms with van der Waals surface area (Å²) < 4.78 is 39.5. The van der Waals surface area contributed by atoms with Gasteiger partial charge in [-0.05, 0) is 36.6 Å². The first-order valence-corrected chi connectivity index (χ1v) is 6.80. The molecule has 0 aliphatic rings. The predicted octanol–water partition coefficient (Wildman–Crippen LogP) is 4.93. The van der Waals surface area contributed by atoms with Crippen molar-refractivity contribution in [2.75, 3.05) is 0 Å². The number of fused-ring (bicyclic) bond motifs is 1. The SMILES string of the molecule is C=C(C)NCc1cc2cc(C(F)(F)F)c(C(C)C)cc2[nH]1. The molecular formula is C16H19F3N2. The number of allylic oxidation sites excluding steroid dienone is 1. The van der Waals surface area contributed by atoms with E-state index in [-0.39, 0.29) is 5.92 Å². The minimum atomic E-state index is -4.33. The number of aromatic amines is 1. The molecule has 1 heterocycles. The normalized spacial score (nSPS) is 12.1. The van der Waals surface area contributed by atoms with E-state index < -0.39 is 11.7 Å². The number of hydrogen-bond donors (Lipinski definition) is 2. The second-order valence-corrected chi connectivity index (χ2v) is 5.61. The summed E-state index contributed by atoms with van der Waals surface area (Å²) in [6, 6.07) is 4.57. The Morgan fingerprint density at radius 1 is 1.29 bits per heavy atom. The van der Waals surface area contributed by atoms with Crippen molar-refractivity contribution in [3.8, 4) is 0 Å². The minimum absolute atomic E-state index is 0.189. The van der Waals surface area contributed by atoms with Crippen LogP contribution in [0.3, 0.4) is 0 Å². The third kappa shape index (κ3) is 3.40. The van der Waals surface area contributed by atoms with Gasteiger partial charge in [0.1, 0.15) is 0 Å². The lowest BCUT2D eigenvalue weighted by atomic mass is 9.95. The first-order chi connectivity index (χ1) is 9.68. The topological polar surface area (TPSA) is 27.8 Å². The fourth-order valence-electron chi connectivity index (χ4n) is 2.32. The number of rotatable bonds is 4. The van der Waals surface area contributed by atoms with Gasteiger partial charge in [-0.15, -0.1) is 0 Å². The highest BCUT2D eigenvalue weighted by Crippen LogP contribution is 2.37. The molecule has 1 aromatic heterocycles. The Labute approximate surface area is 122 Å². The van der Waals surface area contributed by atoms with E-state index in [0.717, 1.165) is 16.9 Å². The van der Waals surface area contributed by atoms with Crippen LogP contribution in [0.5, 0.6) is 0 Å². The quantitative estimate of drug-likeness (QED) is 0.822. The van der Waals surface area contributed by atoms with Crippen molar-refractivity contribution in [3.63, 3.8) is 0 Å². The van der Waals surface area contributed by atoms with E-state index in [2.05, 4.69) is 16.9 Å². The number of nitrogens with one attached hydrogen (secondary N) is 2. The van der Waals surface area contributed by atoms with Crippen LogP contribution >= 0.6 is 0 Å². The van der Waals surface area contributed by atoms with Gasteiger partial charge in [-0.2, -0.15) is 13.2 Å². The van der Waals surface area contributed by atoms with Gasteiger partial charge in [0.2, 0.25) is 0 Å². The first-order valence-electron chi connectivity index (χ1n) is 6.80. The molecule has 21 heavy (non-hydrogen) atoms. The van der Waals surface area contributed by atoms with Crippen LogP contribution in [0.1, 0.15) is 43.5 Å². The van der Waals surface area contributed by atoms with Crippen LogP contribution in [-0.2, 0) is 12.7 Å². The Balaban J connectivity index is 2.49. The second kappa shape index (κ2) is 5.47. The summed E-state index contributed by atoms with van der Waals surface area (Å²) in [4.78, 5) is 3.15. The summed E-state index contributed by atoms with van der Waals surface area (Å²) >= 11 is 0. The summed E-state index contributed by atoms with van der Waals surface area (Å²) in [7, 11) is 0. The summed E-state index contributed by atoms with van der Waals surface area (Å²) in [5.41, 5.74) is 2.14. The number of H-pyrrole nitrogens is 1. The van der Waals surface area contributed by atoms with Gasteiger partial charge >= 0.3 is 6.18 Å². The molecule has 0 bridgehead atoms. The summed E-state index contributed by atoms with van der Waals surface area (Å²) in [5, 5.41) is 3.63. The Morgan fingerprint density at radius 3 is 2.48 bits per heavy atom. The molecule has 2 N–H and O–H groups in total. The van der Waals surface area contributed by atoms with Crippen molar-refractivity contribution in [1.82, 2.24) is 10.3 Å². The zero-order valence-electron chi connectivity index (χ0n) is 12.4. The van der Waals surface area contributed by atoms with Crippen molar-refractivity contribution < 1.29 is 13.2 Å². The third-order valence-corrected chi connectivity index (χ3v) is 3.35. The molecule has 0 unspecified atom stereocenters. The molecule has 0 saturated carbocycles. The molecule has 5 heteroatoms. The number of hydrogen-bond acceptors (Lipinski definition) is 1. The van der Waals surface area contributed by atoms with Gasteiger partial charge in [-0.25, -0.2) is 0 Å². The number of halogens is 3. The van der Waals surface area contributed by atoms with Gasteiger partial charge in [0.15, 0.2) is 0 Å². The van der Waals surface area contributed by atoms with Crippen molar-refractivity contribution in [2.24, 2.45) is 0 Å². The molecule has 0 saturated heterocycles. The fraction of sp³-hybridized carbons (Fsp3) is 0.375. The van der Waals surface area contributed by atoms with Gasteiger partial charge in [0.05, 0.1) is 12.1 Å². The van der Waals surface area contributed by atoms with Crippen molar-refractivity contribution in [1.29, 1.82) is 0 Å². The lowest BCUT2D eigenvalue weighted by Crippen LogP contribution is -2.10. The first kappa shape index (κ1) is 15.5. The number of benzene rings is 1. The Morgan fingerprint density at radius 2 is 1.95 bits per heavy atom. The van der Waals surface area contributed by atoms with Crippen LogP contribution in [0.25, 0.3) is 10.9 Å². The molecular weight excluding hydrogens is 277 g/mol. The molecule has 2 nitrogen and oxygen atoms in total. The minimum Gasteiger partial charge on any atom is -0.383 e. The molecule has 1 aromatic carbocycles. The van der Waals surface area contributed by atoms with E-state index in [4.69, 9.17) is 0 Å². The van der Waals surface area contributed by atoms with Crippen LogP contribution in [0.4, 0.5) is 13.2 Å². The van der Waals surface area contributed by atoms with Crippen molar-refractivity contribution in [3.05, 3.63) is 47.3 Å². The highest BCUT2D eigenvalue weighted by molar-refractivity contribution is 5.82. The predicted molar refractivity (Wildman–Crippen MR) is 79.0 cm³/mol. The molecule has 0 fully saturated rings. The van der Waals surface area contributed by atoms with Gasteiger partial charge in [-0.1, -0.05) is 20.4 Å². The average Bonchev–Trinajstić information content (AvgIpc) is 2.75. The van der Waals surface area contributed by atoms with Gasteiger partial charge in [0.25, 0.3) is 0 Å². The fourth-order valence-corrected chi connectivity index (χ4v) is 2.32. The van der Waals surface area contributed by atoms with Gasteiger partial charge in [0, 0.05) is 22.3 Å². The smallest absolute Gasteiger partial charge is 0.383 e. The van der Waals surface area contributed by atoms with Crippen LogP contribution < -0.4 is 5.32 Å². The van der Waals surface area contributed by atoms with E-state index in [9.17, 15) is 13.2 Å². The van der Waals surface area contributed by atoms with Crippen molar-refractivity contribution in [2.45, 2.75) is 39.4 Å². The van der Waals surface area contributed by atoms with E-state index in [1.54, 1.807) is 26.0 Å². The third-order valence-electron chi connectivity index (χ3n) is 3.35. The standard InChI is InChI=1S/C16H19F3N2/c1-9(2)13-7-15-11(6-14(13)16(17,18)19)5-12(21-15)8-20-10(3)4/h5-7,9,20-21H,3,8H2,1-2,4H3. The monoisotopic (exact) mass is 296 g/mol. The Bertz CT molecular complexity index is 666. The largest absolute Gasteiger partial charge is 0.416 e. The summed E-state index contributed by atoms with van der Waals surface area (Å²) in [6.45, 7) is 9.62. The zero-order chi connectivity index (χ0) is 15.8. The maximum atomic E-state index is 13.2. The molecule has 0 amide bonds. The van der Waals surface area contributed by atoms with Gasteiger partial charge in [-0.3, -0.25) is 0 Å². The molecule has 2 rings (SSSR count). The van der Waals surface area contributed by atoms with E-state index in [0.29, 0.717) is 17.5 Å². The molecule has 0 aliphatic heterocycles. The van der Waals surface area contributed by atoms with Crippen LogP contribution in [0, 0.1) is 0 Å². The molecule has 0 spiro atoms. The number of aromatic nitrogens is 1. The summed E-state index contributed by atoms with van der Waals surface area (Å²) in [6.07, 6.45) is -4.33. The van der Waals surface area contributed by atoms with Crippen LogP contribution in [-0.4, -0.2) is 4.98 Å². The molecule has 0 atom stereocenters. The Kier molecular flexibility index (Phi) is 4.03. The molecule has 0 aliphatic carbocycles. The van der Waals surface area contributed by atoms with Crippen LogP contribution in [0.2, 0.25) is 0 Å². The zero-order valence-corrected chi connectivity index (χ0v) is 12.4. The summed E-state index contributed by atoms with van der Waals surface area (Å²) in [5.74, 6) is -0.189. The number of alkyl halides is 3. The van der Waals surface area contributed by atoms with Crippen molar-refractivity contribution >= 4 is 10.9 Å². The van der Waals surface area contributed by atoms with Crippen LogP contribution in [0.15, 0.2) is 30.5 Å². The van der Waals surface area contributed by atoms with E-state index in [1.165, 1.54) is 6.07 Å². The second-order valence-electron chi connectivity index (χ2n) is 5.61. The maximum Gasteiger partial charge on any atom is 0.416 e. The molecule has 114 valence electrons.